The summed E-state index contributed by atoms with van der Waals surface area (Å²) >= 11 is 0. The molecule has 0 radical (unpaired) electrons. The average molecular weight is 247 g/mol. The lowest BCUT2D eigenvalue weighted by Gasteiger charge is -2.30. The predicted molar refractivity (Wildman–Crippen MR) is 69.2 cm³/mol. The standard InChI is InChI=1S/C14H17NO3/c1-4-5-12(16)10-6-7-11-13(8-10)18-9(2)14(17)15(11)3/h6-9H,4-5H2,1-3H3. The van der Waals surface area contributed by atoms with Crippen molar-refractivity contribution in [3.05, 3.63) is 23.8 Å². The van der Waals surface area contributed by atoms with Gasteiger partial charge < -0.3 is 9.64 Å². The minimum atomic E-state index is -0.501. The number of ether oxygens (including phenoxy) is 1. The number of amides is 1. The molecule has 0 saturated heterocycles. The van der Waals surface area contributed by atoms with Crippen molar-refractivity contribution in [2.75, 3.05) is 11.9 Å². The summed E-state index contributed by atoms with van der Waals surface area (Å²) in [6.45, 7) is 3.68. The van der Waals surface area contributed by atoms with Gasteiger partial charge in [0.15, 0.2) is 11.9 Å². The maximum absolute atomic E-state index is 11.8. The molecule has 4 heteroatoms. The normalized spacial score (nSPS) is 18.3. The SMILES string of the molecule is CCCC(=O)c1ccc2c(c1)OC(C)C(=O)N2C. The molecule has 1 amide bonds. The Kier molecular flexibility index (Phi) is 3.36. The van der Waals surface area contributed by atoms with Gasteiger partial charge in [-0.15, -0.1) is 0 Å². The van der Waals surface area contributed by atoms with Gasteiger partial charge in [-0.05, 0) is 31.5 Å². The molecule has 0 aromatic heterocycles. The van der Waals surface area contributed by atoms with Crippen LogP contribution in [0.4, 0.5) is 5.69 Å². The fraction of sp³-hybridized carbons (Fsp3) is 0.429. The molecule has 2 rings (SSSR count). The van der Waals surface area contributed by atoms with Crippen LogP contribution in [0, 0.1) is 0 Å². The van der Waals surface area contributed by atoms with E-state index in [4.69, 9.17) is 4.74 Å². The molecule has 1 atom stereocenters. The fourth-order valence-corrected chi connectivity index (χ4v) is 2.06. The molecule has 96 valence electrons. The van der Waals surface area contributed by atoms with Gasteiger partial charge in [-0.2, -0.15) is 0 Å². The van der Waals surface area contributed by atoms with Gasteiger partial charge in [0.25, 0.3) is 5.91 Å². The molecule has 18 heavy (non-hydrogen) atoms. The summed E-state index contributed by atoms with van der Waals surface area (Å²) in [7, 11) is 1.72. The molecule has 0 bridgehead atoms. The summed E-state index contributed by atoms with van der Waals surface area (Å²) in [6.07, 6.45) is 0.855. The maximum Gasteiger partial charge on any atom is 0.267 e. The van der Waals surface area contributed by atoms with Crippen LogP contribution >= 0.6 is 0 Å². The van der Waals surface area contributed by atoms with Crippen molar-refractivity contribution in [2.24, 2.45) is 0 Å². The molecule has 4 nitrogen and oxygen atoms in total. The van der Waals surface area contributed by atoms with Gasteiger partial charge >= 0.3 is 0 Å². The second-order valence-electron chi connectivity index (χ2n) is 4.51. The number of ketones is 1. The number of hydrogen-bond acceptors (Lipinski definition) is 3. The molecule has 0 fully saturated rings. The third kappa shape index (κ3) is 2.10. The molecular formula is C14H17NO3. The van der Waals surface area contributed by atoms with E-state index in [1.165, 1.54) is 0 Å². The zero-order valence-corrected chi connectivity index (χ0v) is 10.9. The van der Waals surface area contributed by atoms with Crippen LogP contribution in [0.2, 0.25) is 0 Å². The van der Waals surface area contributed by atoms with Crippen molar-refractivity contribution in [3.63, 3.8) is 0 Å². The Morgan fingerprint density at radius 1 is 1.44 bits per heavy atom. The third-order valence-electron chi connectivity index (χ3n) is 3.10. The van der Waals surface area contributed by atoms with Gasteiger partial charge in [0.1, 0.15) is 5.75 Å². The highest BCUT2D eigenvalue weighted by atomic mass is 16.5. The quantitative estimate of drug-likeness (QED) is 0.770. The summed E-state index contributed by atoms with van der Waals surface area (Å²) in [5, 5.41) is 0. The molecular weight excluding hydrogens is 230 g/mol. The van der Waals surface area contributed by atoms with Crippen LogP contribution in [0.25, 0.3) is 0 Å². The van der Waals surface area contributed by atoms with Gasteiger partial charge in [-0.3, -0.25) is 9.59 Å². The van der Waals surface area contributed by atoms with Crippen molar-refractivity contribution in [2.45, 2.75) is 32.8 Å². The Balaban J connectivity index is 2.36. The zero-order chi connectivity index (χ0) is 13.3. The largest absolute Gasteiger partial charge is 0.479 e. The summed E-state index contributed by atoms with van der Waals surface area (Å²) in [4.78, 5) is 25.1. The second-order valence-corrected chi connectivity index (χ2v) is 4.51. The van der Waals surface area contributed by atoms with Gasteiger partial charge in [0.05, 0.1) is 5.69 Å². The average Bonchev–Trinajstić information content (AvgIpc) is 2.36. The highest BCUT2D eigenvalue weighted by Crippen LogP contribution is 2.34. The van der Waals surface area contributed by atoms with Crippen molar-refractivity contribution in [1.29, 1.82) is 0 Å². The van der Waals surface area contributed by atoms with Crippen molar-refractivity contribution >= 4 is 17.4 Å². The highest BCUT2D eigenvalue weighted by molar-refractivity contribution is 6.01. The minimum Gasteiger partial charge on any atom is -0.479 e. The Morgan fingerprint density at radius 2 is 2.17 bits per heavy atom. The number of nitrogens with zero attached hydrogens (tertiary/aromatic N) is 1. The number of fused-ring (bicyclic) bond motifs is 1. The second kappa shape index (κ2) is 4.80. The van der Waals surface area contributed by atoms with Crippen LogP contribution in [0.1, 0.15) is 37.0 Å². The molecule has 1 aromatic carbocycles. The molecule has 0 saturated carbocycles. The van der Waals surface area contributed by atoms with Gasteiger partial charge in [0.2, 0.25) is 0 Å². The van der Waals surface area contributed by atoms with E-state index in [-0.39, 0.29) is 11.7 Å². The first-order valence-corrected chi connectivity index (χ1v) is 6.16. The van der Waals surface area contributed by atoms with Crippen LogP contribution in [0.3, 0.4) is 0 Å². The van der Waals surface area contributed by atoms with E-state index in [1.54, 1.807) is 37.1 Å². The number of Topliss-reactive ketones (excluding diaryl/α,β-unsaturated/α-hetero) is 1. The van der Waals surface area contributed by atoms with E-state index >= 15 is 0 Å². The van der Waals surface area contributed by atoms with Gasteiger partial charge in [-0.1, -0.05) is 6.92 Å². The van der Waals surface area contributed by atoms with Crippen molar-refractivity contribution in [1.82, 2.24) is 0 Å². The first-order chi connectivity index (χ1) is 8.54. The zero-order valence-electron chi connectivity index (χ0n) is 10.9. The molecule has 1 aliphatic heterocycles. The topological polar surface area (TPSA) is 46.6 Å². The predicted octanol–water partition coefficient (Wildman–Crippen LogP) is 2.41. The molecule has 0 N–H and O–H groups in total. The Labute approximate surface area is 107 Å². The third-order valence-corrected chi connectivity index (χ3v) is 3.10. The molecule has 1 aliphatic rings. The van der Waals surface area contributed by atoms with E-state index in [9.17, 15) is 9.59 Å². The van der Waals surface area contributed by atoms with Gasteiger partial charge in [-0.25, -0.2) is 0 Å². The van der Waals surface area contributed by atoms with E-state index in [2.05, 4.69) is 0 Å². The number of likely N-dealkylation sites (N-methyl/N-ethyl adjacent to an activating group) is 1. The molecule has 1 heterocycles. The summed E-state index contributed by atoms with van der Waals surface area (Å²) < 4.78 is 5.54. The first-order valence-electron chi connectivity index (χ1n) is 6.16. The van der Waals surface area contributed by atoms with Crippen LogP contribution < -0.4 is 9.64 Å². The van der Waals surface area contributed by atoms with Crippen molar-refractivity contribution in [3.8, 4) is 5.75 Å². The van der Waals surface area contributed by atoms with Gasteiger partial charge in [0, 0.05) is 19.0 Å². The lowest BCUT2D eigenvalue weighted by Crippen LogP contribution is -2.42. The summed E-state index contributed by atoms with van der Waals surface area (Å²) in [5.74, 6) is 0.637. The Bertz CT molecular complexity index is 496. The fourth-order valence-electron chi connectivity index (χ4n) is 2.06. The smallest absolute Gasteiger partial charge is 0.267 e. The monoisotopic (exact) mass is 247 g/mol. The molecule has 0 aliphatic carbocycles. The lowest BCUT2D eigenvalue weighted by atomic mass is 10.0. The van der Waals surface area contributed by atoms with Crippen LogP contribution in [0.15, 0.2) is 18.2 Å². The van der Waals surface area contributed by atoms with Crippen LogP contribution in [-0.4, -0.2) is 24.8 Å². The van der Waals surface area contributed by atoms with E-state index in [1.807, 2.05) is 6.92 Å². The van der Waals surface area contributed by atoms with Crippen LogP contribution in [-0.2, 0) is 4.79 Å². The van der Waals surface area contributed by atoms with Crippen molar-refractivity contribution < 1.29 is 14.3 Å². The molecule has 1 aromatic rings. The van der Waals surface area contributed by atoms with Crippen LogP contribution in [0.5, 0.6) is 5.75 Å². The first kappa shape index (κ1) is 12.6. The number of benzene rings is 1. The lowest BCUT2D eigenvalue weighted by molar-refractivity contribution is -0.125. The number of carbonyl (C=O) groups excluding carboxylic acids is 2. The Hall–Kier alpha value is -1.84. The highest BCUT2D eigenvalue weighted by Gasteiger charge is 2.29. The van der Waals surface area contributed by atoms with E-state index in [0.29, 0.717) is 23.4 Å². The molecule has 1 unspecified atom stereocenters. The number of rotatable bonds is 3. The summed E-state index contributed by atoms with van der Waals surface area (Å²) in [6, 6.07) is 5.24. The number of carbonyl (C=O) groups is 2. The molecule has 0 spiro atoms. The minimum absolute atomic E-state index is 0.0739. The van der Waals surface area contributed by atoms with E-state index in [0.717, 1.165) is 6.42 Å². The summed E-state index contributed by atoms with van der Waals surface area (Å²) in [5.41, 5.74) is 1.36. The maximum atomic E-state index is 11.8. The number of anilines is 1. The number of hydrogen-bond donors (Lipinski definition) is 0. The Morgan fingerprint density at radius 3 is 2.83 bits per heavy atom. The van der Waals surface area contributed by atoms with E-state index < -0.39 is 6.10 Å².